The number of pyridine rings is 1. The summed E-state index contributed by atoms with van der Waals surface area (Å²) in [4.78, 5) is 23.0. The van der Waals surface area contributed by atoms with Gasteiger partial charge in [-0.2, -0.15) is 0 Å². The molecule has 0 unspecified atom stereocenters. The highest BCUT2D eigenvalue weighted by Crippen LogP contribution is 2.05. The summed E-state index contributed by atoms with van der Waals surface area (Å²) < 4.78 is 0. The standard InChI is InChI=1S/C20H27N5O/c1-4-21-20(25(3)15-17-10-6-5-7-11-17)22-14-13-19(26)24-18-12-8-9-16(2)23-18/h5-12H,4,13-15H2,1-3H3,(H,21,22)(H,23,24,26). The minimum absolute atomic E-state index is 0.0894. The second kappa shape index (κ2) is 10.2. The monoisotopic (exact) mass is 353 g/mol. The Morgan fingerprint density at radius 2 is 1.92 bits per heavy atom. The molecule has 2 N–H and O–H groups in total. The van der Waals surface area contributed by atoms with Crippen LogP contribution >= 0.6 is 0 Å². The van der Waals surface area contributed by atoms with Crippen LogP contribution in [0.2, 0.25) is 0 Å². The number of nitrogens with zero attached hydrogens (tertiary/aromatic N) is 3. The molecule has 2 rings (SSSR count). The van der Waals surface area contributed by atoms with Gasteiger partial charge in [0.05, 0.1) is 6.54 Å². The number of aliphatic imine (C=N–C) groups is 1. The lowest BCUT2D eigenvalue weighted by atomic mass is 10.2. The number of aromatic nitrogens is 1. The predicted molar refractivity (Wildman–Crippen MR) is 106 cm³/mol. The molecule has 0 spiro atoms. The molecule has 1 heterocycles. The number of amides is 1. The van der Waals surface area contributed by atoms with Crippen LogP contribution in [0.5, 0.6) is 0 Å². The van der Waals surface area contributed by atoms with Gasteiger partial charge in [-0.3, -0.25) is 9.79 Å². The first-order chi connectivity index (χ1) is 12.6. The molecule has 0 saturated carbocycles. The second-order valence-corrected chi connectivity index (χ2v) is 6.04. The first-order valence-corrected chi connectivity index (χ1v) is 8.85. The van der Waals surface area contributed by atoms with Gasteiger partial charge < -0.3 is 15.5 Å². The SMILES string of the molecule is CCNC(=NCCC(=O)Nc1cccc(C)n1)N(C)Cc1ccccc1. The molecule has 0 atom stereocenters. The van der Waals surface area contributed by atoms with Crippen molar-refractivity contribution in [1.82, 2.24) is 15.2 Å². The molecule has 1 aromatic carbocycles. The van der Waals surface area contributed by atoms with Crippen LogP contribution in [0.15, 0.2) is 53.5 Å². The molecule has 0 bridgehead atoms. The van der Waals surface area contributed by atoms with E-state index >= 15 is 0 Å². The van der Waals surface area contributed by atoms with Gasteiger partial charge in [-0.05, 0) is 31.5 Å². The van der Waals surface area contributed by atoms with Gasteiger partial charge in [-0.1, -0.05) is 36.4 Å². The smallest absolute Gasteiger partial charge is 0.227 e. The third-order valence-electron chi connectivity index (χ3n) is 3.72. The third kappa shape index (κ3) is 6.55. The highest BCUT2D eigenvalue weighted by atomic mass is 16.1. The van der Waals surface area contributed by atoms with Crippen LogP contribution in [0.25, 0.3) is 0 Å². The highest BCUT2D eigenvalue weighted by molar-refractivity contribution is 5.90. The maximum atomic E-state index is 12.1. The molecule has 0 aliphatic carbocycles. The van der Waals surface area contributed by atoms with Gasteiger partial charge in [0.15, 0.2) is 5.96 Å². The molecular weight excluding hydrogens is 326 g/mol. The molecule has 0 aliphatic rings. The summed E-state index contributed by atoms with van der Waals surface area (Å²) in [5.41, 5.74) is 2.08. The molecule has 6 nitrogen and oxygen atoms in total. The lowest BCUT2D eigenvalue weighted by molar-refractivity contribution is -0.116. The van der Waals surface area contributed by atoms with E-state index in [1.165, 1.54) is 5.56 Å². The lowest BCUT2D eigenvalue weighted by Gasteiger charge is -2.22. The number of carbonyl (C=O) groups is 1. The number of benzene rings is 1. The van der Waals surface area contributed by atoms with Crippen molar-refractivity contribution in [3.63, 3.8) is 0 Å². The van der Waals surface area contributed by atoms with Crippen molar-refractivity contribution in [3.8, 4) is 0 Å². The number of carbonyl (C=O) groups excluding carboxylic acids is 1. The van der Waals surface area contributed by atoms with Crippen molar-refractivity contribution in [2.45, 2.75) is 26.8 Å². The van der Waals surface area contributed by atoms with Gasteiger partial charge in [0.25, 0.3) is 0 Å². The van der Waals surface area contributed by atoms with E-state index in [2.05, 4.69) is 37.6 Å². The van der Waals surface area contributed by atoms with Gasteiger partial charge in [0.1, 0.15) is 5.82 Å². The average molecular weight is 353 g/mol. The quantitative estimate of drug-likeness (QED) is 0.593. The van der Waals surface area contributed by atoms with Crippen LogP contribution in [0.4, 0.5) is 5.82 Å². The van der Waals surface area contributed by atoms with Gasteiger partial charge in [0, 0.05) is 32.3 Å². The summed E-state index contributed by atoms with van der Waals surface area (Å²) in [6.07, 6.45) is 0.309. The van der Waals surface area contributed by atoms with E-state index in [-0.39, 0.29) is 5.91 Å². The first-order valence-electron chi connectivity index (χ1n) is 8.85. The highest BCUT2D eigenvalue weighted by Gasteiger charge is 2.07. The van der Waals surface area contributed by atoms with E-state index < -0.39 is 0 Å². The number of aryl methyl sites for hydroxylation is 1. The zero-order valence-electron chi connectivity index (χ0n) is 15.7. The van der Waals surface area contributed by atoms with Crippen molar-refractivity contribution < 1.29 is 4.79 Å². The fourth-order valence-corrected chi connectivity index (χ4v) is 2.48. The van der Waals surface area contributed by atoms with Gasteiger partial charge in [0.2, 0.25) is 5.91 Å². The Hall–Kier alpha value is -2.89. The summed E-state index contributed by atoms with van der Waals surface area (Å²) in [5, 5.41) is 6.07. The molecular formula is C20H27N5O. The van der Waals surface area contributed by atoms with E-state index in [4.69, 9.17) is 0 Å². The number of rotatable bonds is 7. The predicted octanol–water partition coefficient (Wildman–Crippen LogP) is 2.82. The molecule has 6 heteroatoms. The molecule has 138 valence electrons. The zero-order chi connectivity index (χ0) is 18.8. The van der Waals surface area contributed by atoms with Crippen LogP contribution in [0, 0.1) is 6.92 Å². The zero-order valence-corrected chi connectivity index (χ0v) is 15.7. The minimum Gasteiger partial charge on any atom is -0.357 e. The maximum absolute atomic E-state index is 12.1. The van der Waals surface area contributed by atoms with E-state index in [0.29, 0.717) is 18.8 Å². The Morgan fingerprint density at radius 1 is 1.15 bits per heavy atom. The maximum Gasteiger partial charge on any atom is 0.227 e. The Labute approximate surface area is 155 Å². The number of nitrogens with one attached hydrogen (secondary N) is 2. The molecule has 26 heavy (non-hydrogen) atoms. The summed E-state index contributed by atoms with van der Waals surface area (Å²) in [7, 11) is 1.99. The summed E-state index contributed by atoms with van der Waals surface area (Å²) >= 11 is 0. The number of hydrogen-bond donors (Lipinski definition) is 2. The number of guanidine groups is 1. The van der Waals surface area contributed by atoms with E-state index in [1.807, 2.05) is 51.2 Å². The van der Waals surface area contributed by atoms with E-state index in [1.54, 1.807) is 6.07 Å². The second-order valence-electron chi connectivity index (χ2n) is 6.04. The Bertz CT molecular complexity index is 730. The van der Waals surface area contributed by atoms with Crippen molar-refractivity contribution in [2.24, 2.45) is 4.99 Å². The fourth-order valence-electron chi connectivity index (χ4n) is 2.48. The number of anilines is 1. The van der Waals surface area contributed by atoms with E-state index in [0.717, 1.165) is 24.7 Å². The molecule has 2 aromatic rings. The molecule has 0 radical (unpaired) electrons. The molecule has 0 aliphatic heterocycles. The third-order valence-corrected chi connectivity index (χ3v) is 3.72. The van der Waals surface area contributed by atoms with Gasteiger partial charge in [-0.25, -0.2) is 4.98 Å². The lowest BCUT2D eigenvalue weighted by Crippen LogP contribution is -2.38. The molecule has 0 fully saturated rings. The number of hydrogen-bond acceptors (Lipinski definition) is 3. The van der Waals surface area contributed by atoms with Crippen LogP contribution in [0.1, 0.15) is 24.6 Å². The topological polar surface area (TPSA) is 69.6 Å². The van der Waals surface area contributed by atoms with Crippen LogP contribution < -0.4 is 10.6 Å². The first kappa shape index (κ1) is 19.4. The largest absolute Gasteiger partial charge is 0.357 e. The average Bonchev–Trinajstić information content (AvgIpc) is 2.62. The summed E-state index contributed by atoms with van der Waals surface area (Å²) in [6, 6.07) is 15.8. The van der Waals surface area contributed by atoms with Crippen LogP contribution in [-0.2, 0) is 11.3 Å². The Kier molecular flexibility index (Phi) is 7.61. The van der Waals surface area contributed by atoms with Crippen LogP contribution in [0.3, 0.4) is 0 Å². The van der Waals surface area contributed by atoms with Crippen molar-refractivity contribution in [3.05, 3.63) is 59.8 Å². The Morgan fingerprint density at radius 3 is 2.62 bits per heavy atom. The normalized spacial score (nSPS) is 11.1. The fraction of sp³-hybridized carbons (Fsp3) is 0.350. The van der Waals surface area contributed by atoms with Crippen molar-refractivity contribution >= 4 is 17.7 Å². The van der Waals surface area contributed by atoms with Gasteiger partial charge >= 0.3 is 0 Å². The van der Waals surface area contributed by atoms with Crippen molar-refractivity contribution in [2.75, 3.05) is 25.5 Å². The summed E-state index contributed by atoms with van der Waals surface area (Å²) in [5.74, 6) is 1.28. The minimum atomic E-state index is -0.0894. The van der Waals surface area contributed by atoms with Gasteiger partial charge in [-0.15, -0.1) is 0 Å². The summed E-state index contributed by atoms with van der Waals surface area (Å²) in [6.45, 7) is 5.87. The molecule has 1 aromatic heterocycles. The van der Waals surface area contributed by atoms with Crippen molar-refractivity contribution in [1.29, 1.82) is 0 Å². The molecule has 1 amide bonds. The van der Waals surface area contributed by atoms with E-state index in [9.17, 15) is 4.79 Å². The van der Waals surface area contributed by atoms with Crippen LogP contribution in [-0.4, -0.2) is 41.9 Å². The molecule has 0 saturated heterocycles. The Balaban J connectivity index is 1.88.